The fourth-order valence-corrected chi connectivity index (χ4v) is 3.39. The molecule has 25 heavy (non-hydrogen) atoms. The summed E-state index contributed by atoms with van der Waals surface area (Å²) in [6.45, 7) is 5.57. The summed E-state index contributed by atoms with van der Waals surface area (Å²) >= 11 is 0. The Morgan fingerprint density at radius 2 is 2.08 bits per heavy atom. The van der Waals surface area contributed by atoms with Gasteiger partial charge in [0.2, 0.25) is 5.91 Å². The van der Waals surface area contributed by atoms with Crippen LogP contribution in [0.15, 0.2) is 31.0 Å². The molecule has 0 spiro atoms. The fourth-order valence-electron chi connectivity index (χ4n) is 3.39. The van der Waals surface area contributed by atoms with Crippen molar-refractivity contribution < 1.29 is 4.79 Å². The first-order valence-electron chi connectivity index (χ1n) is 8.71. The minimum absolute atomic E-state index is 0.126. The van der Waals surface area contributed by atoms with E-state index in [1.807, 2.05) is 37.9 Å². The topological polar surface area (TPSA) is 80.0 Å². The minimum atomic E-state index is -0.295. The van der Waals surface area contributed by atoms with Gasteiger partial charge in [-0.3, -0.25) is 4.79 Å². The third-order valence-electron chi connectivity index (χ3n) is 4.85. The standard InChI is InChI=1S/C17H25N7O/c1-13(2)16(24-12-18-11-20-24)17(25)23-9-6-14(7-10-23)22(3)15-5-4-8-19-21-15/h4-5,8,11-14,16H,6-7,9-10H2,1-3H3. The molecule has 0 bridgehead atoms. The predicted octanol–water partition coefficient (Wildman–Crippen LogP) is 1.39. The maximum Gasteiger partial charge on any atom is 0.247 e. The van der Waals surface area contributed by atoms with Crippen LogP contribution in [0.4, 0.5) is 5.82 Å². The lowest BCUT2D eigenvalue weighted by atomic mass is 9.99. The number of anilines is 1. The number of likely N-dealkylation sites (tertiary alicyclic amines) is 1. The van der Waals surface area contributed by atoms with Gasteiger partial charge in [0, 0.05) is 32.4 Å². The first-order chi connectivity index (χ1) is 12.1. The summed E-state index contributed by atoms with van der Waals surface area (Å²) in [7, 11) is 2.04. The van der Waals surface area contributed by atoms with Crippen LogP contribution in [0.25, 0.3) is 0 Å². The zero-order chi connectivity index (χ0) is 17.8. The molecule has 1 amide bonds. The van der Waals surface area contributed by atoms with E-state index in [-0.39, 0.29) is 17.9 Å². The molecule has 1 unspecified atom stereocenters. The number of amides is 1. The van der Waals surface area contributed by atoms with Crippen molar-refractivity contribution in [2.45, 2.75) is 38.8 Å². The van der Waals surface area contributed by atoms with Crippen LogP contribution in [0.1, 0.15) is 32.7 Å². The van der Waals surface area contributed by atoms with E-state index in [2.05, 4.69) is 25.2 Å². The summed E-state index contributed by atoms with van der Waals surface area (Å²) in [5.41, 5.74) is 0. The van der Waals surface area contributed by atoms with Crippen LogP contribution in [0.5, 0.6) is 0 Å². The number of hydrogen-bond acceptors (Lipinski definition) is 6. The largest absolute Gasteiger partial charge is 0.355 e. The number of rotatable bonds is 5. The molecular formula is C17H25N7O. The average Bonchev–Trinajstić information content (AvgIpc) is 3.16. The molecule has 8 heteroatoms. The lowest BCUT2D eigenvalue weighted by Crippen LogP contribution is -2.48. The Labute approximate surface area is 147 Å². The Morgan fingerprint density at radius 3 is 2.64 bits per heavy atom. The molecule has 0 saturated carbocycles. The van der Waals surface area contributed by atoms with Gasteiger partial charge in [0.25, 0.3) is 0 Å². The highest BCUT2D eigenvalue weighted by atomic mass is 16.2. The van der Waals surface area contributed by atoms with Crippen molar-refractivity contribution in [3.63, 3.8) is 0 Å². The number of carbonyl (C=O) groups is 1. The van der Waals surface area contributed by atoms with E-state index in [4.69, 9.17) is 0 Å². The molecule has 3 rings (SSSR count). The van der Waals surface area contributed by atoms with Crippen LogP contribution in [-0.4, -0.2) is 61.9 Å². The SMILES string of the molecule is CC(C)C(C(=O)N1CCC(N(C)c2cccnn2)CC1)n1cncn1. The Balaban J connectivity index is 1.62. The van der Waals surface area contributed by atoms with Gasteiger partial charge in [-0.15, -0.1) is 5.10 Å². The number of aromatic nitrogens is 5. The molecule has 1 saturated heterocycles. The highest BCUT2D eigenvalue weighted by molar-refractivity contribution is 5.80. The van der Waals surface area contributed by atoms with Crippen molar-refractivity contribution in [3.8, 4) is 0 Å². The third kappa shape index (κ3) is 3.78. The van der Waals surface area contributed by atoms with Crippen LogP contribution in [0, 0.1) is 5.92 Å². The van der Waals surface area contributed by atoms with Crippen LogP contribution in [0.3, 0.4) is 0 Å². The minimum Gasteiger partial charge on any atom is -0.355 e. The molecular weight excluding hydrogens is 318 g/mol. The Bertz CT molecular complexity index is 666. The van der Waals surface area contributed by atoms with Crippen molar-refractivity contribution in [2.75, 3.05) is 25.0 Å². The fraction of sp³-hybridized carbons (Fsp3) is 0.588. The summed E-state index contributed by atoms with van der Waals surface area (Å²) in [5, 5.41) is 12.3. The molecule has 2 aromatic rings. The molecule has 134 valence electrons. The van der Waals surface area contributed by atoms with E-state index in [0.717, 1.165) is 31.7 Å². The number of hydrogen-bond donors (Lipinski definition) is 0. The molecule has 0 radical (unpaired) electrons. The molecule has 8 nitrogen and oxygen atoms in total. The lowest BCUT2D eigenvalue weighted by Gasteiger charge is -2.38. The predicted molar refractivity (Wildman–Crippen MR) is 93.9 cm³/mol. The Morgan fingerprint density at radius 1 is 1.32 bits per heavy atom. The van der Waals surface area contributed by atoms with Gasteiger partial charge in [-0.05, 0) is 30.9 Å². The van der Waals surface area contributed by atoms with Gasteiger partial charge in [0.15, 0.2) is 5.82 Å². The molecule has 0 aliphatic carbocycles. The van der Waals surface area contributed by atoms with E-state index in [9.17, 15) is 4.79 Å². The van der Waals surface area contributed by atoms with Crippen molar-refractivity contribution >= 4 is 11.7 Å². The Kier molecular flexibility index (Phi) is 5.25. The summed E-state index contributed by atoms with van der Waals surface area (Å²) in [4.78, 5) is 21.1. The van der Waals surface area contributed by atoms with Crippen LogP contribution >= 0.6 is 0 Å². The summed E-state index contributed by atoms with van der Waals surface area (Å²) < 4.78 is 1.67. The van der Waals surface area contributed by atoms with Gasteiger partial charge in [0.1, 0.15) is 18.7 Å². The Hall–Kier alpha value is -2.51. The second-order valence-corrected chi connectivity index (χ2v) is 6.81. The maximum absolute atomic E-state index is 13.0. The second-order valence-electron chi connectivity index (χ2n) is 6.81. The highest BCUT2D eigenvalue weighted by Crippen LogP contribution is 2.24. The van der Waals surface area contributed by atoms with Gasteiger partial charge in [-0.1, -0.05) is 13.8 Å². The average molecular weight is 343 g/mol. The van der Waals surface area contributed by atoms with Gasteiger partial charge in [0.05, 0.1) is 0 Å². The maximum atomic E-state index is 13.0. The van der Waals surface area contributed by atoms with E-state index in [1.165, 1.54) is 6.33 Å². The van der Waals surface area contributed by atoms with E-state index >= 15 is 0 Å². The number of nitrogens with zero attached hydrogens (tertiary/aromatic N) is 7. The first kappa shape index (κ1) is 17.3. The first-order valence-corrected chi connectivity index (χ1v) is 8.71. The number of piperidine rings is 1. The second kappa shape index (κ2) is 7.58. The molecule has 3 heterocycles. The van der Waals surface area contributed by atoms with E-state index in [0.29, 0.717) is 6.04 Å². The molecule has 1 aliphatic rings. The monoisotopic (exact) mass is 343 g/mol. The van der Waals surface area contributed by atoms with Crippen LogP contribution in [0.2, 0.25) is 0 Å². The summed E-state index contributed by atoms with van der Waals surface area (Å²) in [6, 6.07) is 3.92. The molecule has 0 N–H and O–H groups in total. The molecule has 1 atom stereocenters. The molecule has 0 aromatic carbocycles. The molecule has 1 fully saturated rings. The van der Waals surface area contributed by atoms with Crippen molar-refractivity contribution in [3.05, 3.63) is 31.0 Å². The lowest BCUT2D eigenvalue weighted by molar-refractivity contribution is -0.137. The van der Waals surface area contributed by atoms with E-state index < -0.39 is 0 Å². The van der Waals surface area contributed by atoms with Gasteiger partial charge < -0.3 is 9.80 Å². The summed E-state index contributed by atoms with van der Waals surface area (Å²) in [5.74, 6) is 1.16. The van der Waals surface area contributed by atoms with Crippen molar-refractivity contribution in [1.82, 2.24) is 29.9 Å². The highest BCUT2D eigenvalue weighted by Gasteiger charge is 2.32. The van der Waals surface area contributed by atoms with Crippen molar-refractivity contribution in [2.24, 2.45) is 5.92 Å². The zero-order valence-electron chi connectivity index (χ0n) is 15.0. The molecule has 2 aromatic heterocycles. The quantitative estimate of drug-likeness (QED) is 0.816. The number of carbonyl (C=O) groups excluding carboxylic acids is 1. The van der Waals surface area contributed by atoms with Crippen LogP contribution < -0.4 is 4.90 Å². The van der Waals surface area contributed by atoms with Crippen molar-refractivity contribution in [1.29, 1.82) is 0 Å². The van der Waals surface area contributed by atoms with Gasteiger partial charge >= 0.3 is 0 Å². The third-order valence-corrected chi connectivity index (χ3v) is 4.85. The zero-order valence-corrected chi connectivity index (χ0v) is 15.0. The van der Waals surface area contributed by atoms with Gasteiger partial charge in [-0.2, -0.15) is 10.2 Å². The van der Waals surface area contributed by atoms with Crippen LogP contribution in [-0.2, 0) is 4.79 Å². The summed E-state index contributed by atoms with van der Waals surface area (Å²) in [6.07, 6.45) is 6.61. The van der Waals surface area contributed by atoms with Gasteiger partial charge in [-0.25, -0.2) is 9.67 Å². The normalized spacial score (nSPS) is 16.9. The van der Waals surface area contributed by atoms with E-state index in [1.54, 1.807) is 17.2 Å². The molecule has 1 aliphatic heterocycles. The smallest absolute Gasteiger partial charge is 0.247 e.